The number of benzene rings is 4. The van der Waals surface area contributed by atoms with Crippen LogP contribution < -0.4 is 0 Å². The Morgan fingerprint density at radius 1 is 0.545 bits per heavy atom. The van der Waals surface area contributed by atoms with Gasteiger partial charge < -0.3 is 0 Å². The van der Waals surface area contributed by atoms with Gasteiger partial charge in [0.25, 0.3) is 0 Å². The summed E-state index contributed by atoms with van der Waals surface area (Å²) in [5, 5.41) is 0. The highest BCUT2D eigenvalue weighted by Crippen LogP contribution is 2.43. The van der Waals surface area contributed by atoms with Crippen LogP contribution in [0.15, 0.2) is 122 Å². The molecule has 0 N–H and O–H groups in total. The van der Waals surface area contributed by atoms with Crippen molar-refractivity contribution in [2.75, 3.05) is 0 Å². The van der Waals surface area contributed by atoms with Gasteiger partial charge in [0.15, 0.2) is 5.78 Å². The molecule has 0 radical (unpaired) electrons. The van der Waals surface area contributed by atoms with Crippen molar-refractivity contribution >= 4 is 41.1 Å². The van der Waals surface area contributed by atoms with Gasteiger partial charge in [0.05, 0.1) is 0 Å². The molecule has 232 valence electrons. The fourth-order valence-electron chi connectivity index (χ4n) is 6.15. The first kappa shape index (κ1) is 34.5. The zero-order valence-corrected chi connectivity index (χ0v) is 29.9. The van der Waals surface area contributed by atoms with E-state index in [0.717, 1.165) is 35.3 Å². The number of carbonyl (C=O) groups excluding carboxylic acids is 1. The Morgan fingerprint density at radius 2 is 0.909 bits per heavy atom. The van der Waals surface area contributed by atoms with E-state index in [9.17, 15) is 4.79 Å². The lowest BCUT2D eigenvalue weighted by Crippen LogP contribution is -2.33. The monoisotopic (exact) mass is 640 g/mol. The molecule has 4 aromatic carbocycles. The van der Waals surface area contributed by atoms with Crippen molar-refractivity contribution in [1.82, 2.24) is 0 Å². The van der Waals surface area contributed by atoms with Crippen LogP contribution in [-0.2, 0) is 5.41 Å². The molecule has 0 fully saturated rings. The Balaban J connectivity index is 1.36. The van der Waals surface area contributed by atoms with E-state index in [1.165, 1.54) is 38.0 Å². The molecule has 44 heavy (non-hydrogen) atoms. The van der Waals surface area contributed by atoms with E-state index in [-0.39, 0.29) is 15.9 Å². The first-order valence-electron chi connectivity index (χ1n) is 16.2. The average Bonchev–Trinajstić information content (AvgIpc) is 3.05. The summed E-state index contributed by atoms with van der Waals surface area (Å²) in [4.78, 5) is 19.4. The van der Waals surface area contributed by atoms with Gasteiger partial charge in [-0.25, -0.2) is 0 Å². The molecule has 0 aliphatic heterocycles. The van der Waals surface area contributed by atoms with E-state index < -0.39 is 0 Å². The molecule has 4 heteroatoms. The van der Waals surface area contributed by atoms with Crippen molar-refractivity contribution in [2.45, 2.75) is 115 Å². The van der Waals surface area contributed by atoms with Gasteiger partial charge in [-0.2, -0.15) is 0 Å². The molecule has 0 spiro atoms. The van der Waals surface area contributed by atoms with Gasteiger partial charge in [-0.3, -0.25) is 4.79 Å². The molecule has 0 bridgehead atoms. The molecule has 0 saturated heterocycles. The first-order chi connectivity index (χ1) is 21.2. The molecule has 4 aromatic rings. The molecule has 0 aliphatic rings. The number of thioether (sulfide) groups is 1. The van der Waals surface area contributed by atoms with Crippen LogP contribution in [-0.4, -0.2) is 10.5 Å². The predicted molar refractivity (Wildman–Crippen MR) is 194 cm³/mol. The Kier molecular flexibility index (Phi) is 12.3. The smallest absolute Gasteiger partial charge is 0.193 e. The predicted octanol–water partition coefficient (Wildman–Crippen LogP) is 13.0. The topological polar surface area (TPSA) is 17.1 Å². The summed E-state index contributed by atoms with van der Waals surface area (Å²) in [7, 11) is 0. The van der Waals surface area contributed by atoms with E-state index in [0.29, 0.717) is 5.92 Å². The fourth-order valence-corrected chi connectivity index (χ4v) is 8.84. The van der Waals surface area contributed by atoms with Crippen LogP contribution in [0, 0.1) is 5.92 Å². The van der Waals surface area contributed by atoms with Crippen molar-refractivity contribution in [3.05, 3.63) is 114 Å². The summed E-state index contributed by atoms with van der Waals surface area (Å²) in [5.74, 6) is 0.732. The lowest BCUT2D eigenvalue weighted by Gasteiger charge is -2.40. The Hall–Kier alpha value is -2.40. The Labute approximate surface area is 279 Å². The molecular formula is C40H48OS3. The van der Waals surface area contributed by atoms with Crippen LogP contribution in [0.5, 0.6) is 0 Å². The van der Waals surface area contributed by atoms with Gasteiger partial charge in [-0.15, -0.1) is 11.8 Å². The van der Waals surface area contributed by atoms with E-state index in [1.54, 1.807) is 23.5 Å². The van der Waals surface area contributed by atoms with Gasteiger partial charge in [-0.05, 0) is 109 Å². The maximum atomic E-state index is 13.3. The van der Waals surface area contributed by atoms with Crippen LogP contribution in [0.3, 0.4) is 0 Å². The molecule has 0 aliphatic carbocycles. The summed E-state index contributed by atoms with van der Waals surface area (Å²) in [6, 6.07) is 34.1. The van der Waals surface area contributed by atoms with Crippen LogP contribution in [0.25, 0.3) is 0 Å². The third-order valence-corrected chi connectivity index (χ3v) is 12.6. The Morgan fingerprint density at radius 3 is 1.27 bits per heavy atom. The normalized spacial score (nSPS) is 12.1. The summed E-state index contributed by atoms with van der Waals surface area (Å²) in [6.45, 7) is 16.1. The minimum Gasteiger partial charge on any atom is -0.289 e. The lowest BCUT2D eigenvalue weighted by molar-refractivity contribution is 0.103. The van der Waals surface area contributed by atoms with E-state index >= 15 is 0 Å². The number of rotatable bonds is 15. The van der Waals surface area contributed by atoms with Crippen LogP contribution >= 0.6 is 35.3 Å². The quantitative estimate of drug-likeness (QED) is 0.0949. The standard InChI is InChI=1S/C40H48OS3/c1-8-31(9-2)40(11-4,12-5)32-17-13-29(14-18-32)38(41)30-15-19-33(20-16-30)42-34-21-23-35(24-22-34)43-36-25-27-37(28-26-36)44-39(6,7)10-3/h13-28,31H,8-12H2,1-7H3. The van der Waals surface area contributed by atoms with Crippen molar-refractivity contribution in [1.29, 1.82) is 0 Å². The molecule has 4 rings (SSSR count). The van der Waals surface area contributed by atoms with Crippen LogP contribution in [0.2, 0.25) is 0 Å². The molecule has 1 nitrogen and oxygen atoms in total. The van der Waals surface area contributed by atoms with Gasteiger partial charge in [-0.1, -0.05) is 109 Å². The van der Waals surface area contributed by atoms with E-state index in [1.807, 2.05) is 36.0 Å². The second-order valence-corrected chi connectivity index (χ2v) is 16.2. The van der Waals surface area contributed by atoms with E-state index in [4.69, 9.17) is 0 Å². The largest absolute Gasteiger partial charge is 0.289 e. The Bertz CT molecular complexity index is 1460. The SMILES string of the molecule is CCC(CC)C(CC)(CC)c1ccc(C(=O)c2ccc(Sc3ccc(Sc4ccc(SC(C)(C)CC)cc4)cc3)cc2)cc1. The lowest BCUT2D eigenvalue weighted by atomic mass is 9.64. The average molecular weight is 641 g/mol. The second-order valence-electron chi connectivity index (χ2n) is 12.2. The third-order valence-electron chi connectivity index (χ3n) is 9.23. The zero-order valence-electron chi connectivity index (χ0n) is 27.5. The van der Waals surface area contributed by atoms with Crippen molar-refractivity contribution in [2.24, 2.45) is 5.92 Å². The highest BCUT2D eigenvalue weighted by atomic mass is 32.2. The number of hydrogen-bond donors (Lipinski definition) is 0. The summed E-state index contributed by atoms with van der Waals surface area (Å²) >= 11 is 5.45. The molecule has 0 saturated carbocycles. The van der Waals surface area contributed by atoms with Gasteiger partial charge in [0.2, 0.25) is 0 Å². The maximum absolute atomic E-state index is 13.3. The molecule has 0 atom stereocenters. The van der Waals surface area contributed by atoms with Crippen molar-refractivity contribution < 1.29 is 4.79 Å². The highest BCUT2D eigenvalue weighted by Gasteiger charge is 2.35. The van der Waals surface area contributed by atoms with E-state index in [2.05, 4.69) is 121 Å². The number of hydrogen-bond acceptors (Lipinski definition) is 4. The molecule has 0 unspecified atom stereocenters. The van der Waals surface area contributed by atoms with Gasteiger partial charge in [0, 0.05) is 40.4 Å². The molecule has 0 aromatic heterocycles. The van der Waals surface area contributed by atoms with Gasteiger partial charge >= 0.3 is 0 Å². The van der Waals surface area contributed by atoms with Crippen LogP contribution in [0.4, 0.5) is 0 Å². The highest BCUT2D eigenvalue weighted by molar-refractivity contribution is 8.00. The van der Waals surface area contributed by atoms with Crippen LogP contribution in [0.1, 0.15) is 102 Å². The summed E-state index contributed by atoms with van der Waals surface area (Å²) < 4.78 is 0.258. The summed E-state index contributed by atoms with van der Waals surface area (Å²) in [6.07, 6.45) is 5.74. The third kappa shape index (κ3) is 8.44. The maximum Gasteiger partial charge on any atom is 0.193 e. The number of ketones is 1. The molecule has 0 heterocycles. The number of carbonyl (C=O) groups is 1. The molecule has 0 amide bonds. The van der Waals surface area contributed by atoms with Gasteiger partial charge in [0.1, 0.15) is 0 Å². The van der Waals surface area contributed by atoms with Crippen molar-refractivity contribution in [3.8, 4) is 0 Å². The fraction of sp³-hybridized carbons (Fsp3) is 0.375. The second kappa shape index (κ2) is 15.7. The molecular weight excluding hydrogens is 593 g/mol. The first-order valence-corrected chi connectivity index (χ1v) is 18.6. The minimum absolute atomic E-state index is 0.0799. The zero-order chi connectivity index (χ0) is 31.7. The van der Waals surface area contributed by atoms with Crippen molar-refractivity contribution in [3.63, 3.8) is 0 Å². The minimum atomic E-state index is 0.0799. The summed E-state index contributed by atoms with van der Waals surface area (Å²) in [5.41, 5.74) is 3.03.